The molecule has 0 bridgehead atoms. The van der Waals surface area contributed by atoms with E-state index in [0.717, 1.165) is 34.8 Å². The molecule has 1 aromatic carbocycles. The Morgan fingerprint density at radius 3 is 2.90 bits per heavy atom. The number of carbonyl (C=O) groups is 1. The Morgan fingerprint density at radius 1 is 1.21 bits per heavy atom. The number of pyridine rings is 1. The second kappa shape index (κ2) is 7.44. The fourth-order valence-corrected chi connectivity index (χ4v) is 4.60. The standard InChI is InChI=1S/C23H21N3O2S/c1-29-14-15-9-10-20(28-15)23(27)26-13-11-17-16-6-2-3-7-18(16)25-21(17)22(26)19-8-4-5-12-24-19/h2-10,12,22,25H,11,13-14H2,1H3/t22-/m0/s1. The Bertz CT molecular complexity index is 1170. The Morgan fingerprint density at radius 2 is 2.07 bits per heavy atom. The monoisotopic (exact) mass is 403 g/mol. The molecule has 1 amide bonds. The maximum atomic E-state index is 13.4. The number of aromatic nitrogens is 2. The number of rotatable bonds is 4. The highest BCUT2D eigenvalue weighted by molar-refractivity contribution is 7.97. The zero-order valence-corrected chi connectivity index (χ0v) is 16.9. The van der Waals surface area contributed by atoms with E-state index in [4.69, 9.17) is 4.42 Å². The topological polar surface area (TPSA) is 62.1 Å². The summed E-state index contributed by atoms with van der Waals surface area (Å²) in [7, 11) is 0. The van der Waals surface area contributed by atoms with Crippen LogP contribution in [-0.2, 0) is 12.2 Å². The lowest BCUT2D eigenvalue weighted by Gasteiger charge is -2.35. The molecule has 1 atom stereocenters. The van der Waals surface area contributed by atoms with E-state index in [1.54, 1.807) is 24.0 Å². The molecule has 5 rings (SSSR count). The average molecular weight is 404 g/mol. The van der Waals surface area contributed by atoms with Crippen LogP contribution in [0.2, 0.25) is 0 Å². The lowest BCUT2D eigenvalue weighted by molar-refractivity contribution is 0.0654. The van der Waals surface area contributed by atoms with Crippen LogP contribution in [-0.4, -0.2) is 33.6 Å². The zero-order valence-electron chi connectivity index (χ0n) is 16.1. The molecule has 146 valence electrons. The van der Waals surface area contributed by atoms with Gasteiger partial charge in [0.2, 0.25) is 0 Å². The minimum Gasteiger partial charge on any atom is -0.455 e. The molecule has 0 unspecified atom stereocenters. The van der Waals surface area contributed by atoms with E-state index in [0.29, 0.717) is 12.3 Å². The molecule has 1 aliphatic heterocycles. The molecule has 5 nitrogen and oxygen atoms in total. The number of nitrogens with one attached hydrogen (secondary N) is 1. The third-order valence-corrected chi connectivity index (χ3v) is 6.00. The Balaban J connectivity index is 1.60. The van der Waals surface area contributed by atoms with Gasteiger partial charge in [-0.05, 0) is 48.6 Å². The summed E-state index contributed by atoms with van der Waals surface area (Å²) in [6.45, 7) is 0.619. The van der Waals surface area contributed by atoms with Crippen LogP contribution < -0.4 is 0 Å². The van der Waals surface area contributed by atoms with Crippen LogP contribution in [0.3, 0.4) is 0 Å². The third-order valence-electron chi connectivity index (χ3n) is 5.42. The summed E-state index contributed by atoms with van der Waals surface area (Å²) in [5.41, 5.74) is 4.25. The lowest BCUT2D eigenvalue weighted by atomic mass is 9.94. The van der Waals surface area contributed by atoms with Crippen LogP contribution in [0.5, 0.6) is 0 Å². The molecule has 6 heteroatoms. The molecular weight excluding hydrogens is 382 g/mol. The summed E-state index contributed by atoms with van der Waals surface area (Å²) in [5.74, 6) is 1.86. The number of para-hydroxylation sites is 1. The number of nitrogens with zero attached hydrogens (tertiary/aromatic N) is 2. The second-order valence-electron chi connectivity index (χ2n) is 7.17. The van der Waals surface area contributed by atoms with E-state index in [-0.39, 0.29) is 11.9 Å². The normalized spacial score (nSPS) is 16.2. The third kappa shape index (κ3) is 3.13. The summed E-state index contributed by atoms with van der Waals surface area (Å²) in [6.07, 6.45) is 4.59. The summed E-state index contributed by atoms with van der Waals surface area (Å²) in [4.78, 5) is 23.4. The minimum absolute atomic E-state index is 0.0997. The largest absolute Gasteiger partial charge is 0.455 e. The van der Waals surface area contributed by atoms with Crippen LogP contribution >= 0.6 is 11.8 Å². The van der Waals surface area contributed by atoms with E-state index in [1.165, 1.54) is 10.9 Å². The number of carbonyl (C=O) groups excluding carboxylic acids is 1. The Hall–Kier alpha value is -2.99. The van der Waals surface area contributed by atoms with Gasteiger partial charge in [0.15, 0.2) is 5.76 Å². The summed E-state index contributed by atoms with van der Waals surface area (Å²) >= 11 is 1.67. The quantitative estimate of drug-likeness (QED) is 0.531. The number of aromatic amines is 1. The highest BCUT2D eigenvalue weighted by Crippen LogP contribution is 2.38. The molecular formula is C23H21N3O2S. The molecule has 0 fully saturated rings. The van der Waals surface area contributed by atoms with Crippen molar-refractivity contribution in [3.63, 3.8) is 0 Å². The molecule has 3 aromatic heterocycles. The highest BCUT2D eigenvalue weighted by atomic mass is 32.2. The fourth-order valence-electron chi connectivity index (χ4n) is 4.16. The predicted octanol–water partition coefficient (Wildman–Crippen LogP) is 4.81. The number of thioether (sulfide) groups is 1. The number of benzene rings is 1. The van der Waals surface area contributed by atoms with Crippen LogP contribution in [0.4, 0.5) is 0 Å². The first-order valence-corrected chi connectivity index (χ1v) is 11.0. The first kappa shape index (κ1) is 18.1. The SMILES string of the molecule is CSCc1ccc(C(=O)N2CCc3c([nH]c4ccccc34)[C@@H]2c2ccccn2)o1. The second-order valence-corrected chi connectivity index (χ2v) is 8.03. The van der Waals surface area contributed by atoms with Crippen LogP contribution in [0.25, 0.3) is 10.9 Å². The number of fused-ring (bicyclic) bond motifs is 3. The van der Waals surface area contributed by atoms with Crippen molar-refractivity contribution >= 4 is 28.6 Å². The van der Waals surface area contributed by atoms with Gasteiger partial charge >= 0.3 is 0 Å². The number of hydrogen-bond acceptors (Lipinski definition) is 4. The van der Waals surface area contributed by atoms with E-state index in [1.807, 2.05) is 41.5 Å². The molecule has 0 radical (unpaired) electrons. The van der Waals surface area contributed by atoms with Crippen LogP contribution in [0, 0.1) is 0 Å². The van der Waals surface area contributed by atoms with Crippen molar-refractivity contribution in [2.24, 2.45) is 0 Å². The van der Waals surface area contributed by atoms with Gasteiger partial charge in [-0.15, -0.1) is 0 Å². The molecule has 1 N–H and O–H groups in total. The van der Waals surface area contributed by atoms with E-state index in [9.17, 15) is 4.79 Å². The molecule has 0 aliphatic carbocycles. The van der Waals surface area contributed by atoms with Crippen molar-refractivity contribution in [1.29, 1.82) is 0 Å². The van der Waals surface area contributed by atoms with Gasteiger partial charge in [-0.25, -0.2) is 0 Å². The molecule has 0 saturated carbocycles. The van der Waals surface area contributed by atoms with Crippen molar-refractivity contribution < 1.29 is 9.21 Å². The number of hydrogen-bond donors (Lipinski definition) is 1. The predicted molar refractivity (Wildman–Crippen MR) is 115 cm³/mol. The summed E-state index contributed by atoms with van der Waals surface area (Å²) < 4.78 is 5.83. The van der Waals surface area contributed by atoms with Gasteiger partial charge in [-0.1, -0.05) is 24.3 Å². The van der Waals surface area contributed by atoms with Gasteiger partial charge < -0.3 is 14.3 Å². The number of H-pyrrole nitrogens is 1. The molecule has 29 heavy (non-hydrogen) atoms. The number of amides is 1. The van der Waals surface area contributed by atoms with Gasteiger partial charge in [0.05, 0.1) is 11.4 Å². The van der Waals surface area contributed by atoms with Crippen molar-refractivity contribution in [3.8, 4) is 0 Å². The van der Waals surface area contributed by atoms with Crippen LogP contribution in [0.1, 0.15) is 39.3 Å². The van der Waals surface area contributed by atoms with E-state index < -0.39 is 0 Å². The van der Waals surface area contributed by atoms with Gasteiger partial charge in [-0.2, -0.15) is 11.8 Å². The Kier molecular flexibility index (Phi) is 4.64. The average Bonchev–Trinajstić information content (AvgIpc) is 3.38. The Labute approximate surface area is 173 Å². The molecule has 4 aromatic rings. The van der Waals surface area contributed by atoms with Gasteiger partial charge in [0.25, 0.3) is 5.91 Å². The molecule has 0 spiro atoms. The zero-order chi connectivity index (χ0) is 19.8. The number of furan rings is 1. The first-order valence-electron chi connectivity index (χ1n) is 9.65. The van der Waals surface area contributed by atoms with Crippen molar-refractivity contribution in [2.45, 2.75) is 18.2 Å². The van der Waals surface area contributed by atoms with Crippen LogP contribution in [0.15, 0.2) is 65.2 Å². The summed E-state index contributed by atoms with van der Waals surface area (Å²) in [5, 5.41) is 1.22. The first-order chi connectivity index (χ1) is 14.3. The smallest absolute Gasteiger partial charge is 0.290 e. The maximum Gasteiger partial charge on any atom is 0.290 e. The van der Waals surface area contributed by atoms with E-state index in [2.05, 4.69) is 28.2 Å². The van der Waals surface area contributed by atoms with Gasteiger partial charge in [-0.3, -0.25) is 9.78 Å². The molecule has 0 saturated heterocycles. The van der Waals surface area contributed by atoms with Crippen molar-refractivity contribution in [3.05, 3.63) is 89.3 Å². The lowest BCUT2D eigenvalue weighted by Crippen LogP contribution is -2.40. The fraction of sp³-hybridized carbons (Fsp3) is 0.217. The molecule has 1 aliphatic rings. The minimum atomic E-state index is -0.269. The molecule has 4 heterocycles. The maximum absolute atomic E-state index is 13.4. The van der Waals surface area contributed by atoms with Crippen molar-refractivity contribution in [1.82, 2.24) is 14.9 Å². The van der Waals surface area contributed by atoms with Gasteiger partial charge in [0, 0.05) is 29.3 Å². The summed E-state index contributed by atoms with van der Waals surface area (Å²) in [6, 6.07) is 17.5. The van der Waals surface area contributed by atoms with Gasteiger partial charge in [0.1, 0.15) is 11.8 Å². The van der Waals surface area contributed by atoms with Crippen molar-refractivity contribution in [2.75, 3.05) is 12.8 Å². The highest BCUT2D eigenvalue weighted by Gasteiger charge is 2.36. The van der Waals surface area contributed by atoms with E-state index >= 15 is 0 Å².